The van der Waals surface area contributed by atoms with E-state index in [9.17, 15) is 9.90 Å². The normalized spacial score (nSPS) is 19.7. The molecule has 0 radical (unpaired) electrons. The van der Waals surface area contributed by atoms with Gasteiger partial charge in [-0.05, 0) is 12.1 Å². The largest absolute Gasteiger partial charge is 0.482 e. The predicted octanol–water partition coefficient (Wildman–Crippen LogP) is 0.265. The first-order chi connectivity index (χ1) is 12.6. The number of carbonyl (C=O) groups is 1. The van der Waals surface area contributed by atoms with Gasteiger partial charge in [0.1, 0.15) is 12.2 Å². The zero-order valence-corrected chi connectivity index (χ0v) is 14.1. The molecular weight excluding hydrogens is 336 g/mol. The van der Waals surface area contributed by atoms with Crippen LogP contribution in [-0.2, 0) is 7.05 Å². The fourth-order valence-electron chi connectivity index (χ4n) is 2.90. The molecule has 3 heterocycles. The van der Waals surface area contributed by atoms with Gasteiger partial charge in [-0.3, -0.25) is 9.48 Å². The Kier molecular flexibility index (Phi) is 4.13. The number of likely N-dealkylation sites (tertiary alicyclic amines) is 1. The van der Waals surface area contributed by atoms with Crippen molar-refractivity contribution < 1.29 is 14.6 Å². The SMILES string of the molecule is Cn1cc(O[C@@H]2CN(C(=O)c3cn(-c4ccccc4)nn3)C[C@H]2O)cn1. The summed E-state index contributed by atoms with van der Waals surface area (Å²) in [5.74, 6) is 0.268. The quantitative estimate of drug-likeness (QED) is 0.722. The topological polar surface area (TPSA) is 98.3 Å². The second-order valence-electron chi connectivity index (χ2n) is 6.17. The number of carbonyl (C=O) groups excluding carboxylic acids is 1. The number of para-hydroxylation sites is 1. The first-order valence-corrected chi connectivity index (χ1v) is 8.20. The van der Waals surface area contributed by atoms with Crippen molar-refractivity contribution in [3.05, 3.63) is 54.6 Å². The molecule has 1 amide bonds. The summed E-state index contributed by atoms with van der Waals surface area (Å²) in [4.78, 5) is 14.2. The van der Waals surface area contributed by atoms with Crippen molar-refractivity contribution in [2.75, 3.05) is 13.1 Å². The van der Waals surface area contributed by atoms with Crippen LogP contribution in [0.5, 0.6) is 5.75 Å². The van der Waals surface area contributed by atoms with Gasteiger partial charge in [-0.1, -0.05) is 23.4 Å². The number of rotatable bonds is 4. The lowest BCUT2D eigenvalue weighted by atomic mass is 10.3. The van der Waals surface area contributed by atoms with E-state index in [0.717, 1.165) is 5.69 Å². The third kappa shape index (κ3) is 3.16. The summed E-state index contributed by atoms with van der Waals surface area (Å²) >= 11 is 0. The average molecular weight is 354 g/mol. The van der Waals surface area contributed by atoms with Crippen LogP contribution in [0.15, 0.2) is 48.9 Å². The summed E-state index contributed by atoms with van der Waals surface area (Å²) in [6.07, 6.45) is 3.58. The molecule has 26 heavy (non-hydrogen) atoms. The third-order valence-electron chi connectivity index (χ3n) is 4.23. The van der Waals surface area contributed by atoms with Crippen LogP contribution < -0.4 is 4.74 Å². The molecule has 1 aromatic carbocycles. The van der Waals surface area contributed by atoms with Crippen molar-refractivity contribution in [2.24, 2.45) is 7.05 Å². The number of hydrogen-bond acceptors (Lipinski definition) is 6. The van der Waals surface area contributed by atoms with Crippen molar-refractivity contribution in [1.29, 1.82) is 0 Å². The minimum absolute atomic E-state index is 0.182. The summed E-state index contributed by atoms with van der Waals surface area (Å²) in [6, 6.07) is 9.42. The number of β-amino-alcohol motifs (C(OH)–C–C–N with tert-alkyl or cyclic N) is 1. The molecule has 0 saturated carbocycles. The maximum Gasteiger partial charge on any atom is 0.276 e. The Hall–Kier alpha value is -3.20. The van der Waals surface area contributed by atoms with Gasteiger partial charge in [0, 0.05) is 7.05 Å². The Morgan fingerprint density at radius 1 is 1.23 bits per heavy atom. The van der Waals surface area contributed by atoms with Crippen LogP contribution in [0.4, 0.5) is 0 Å². The Morgan fingerprint density at radius 3 is 2.77 bits per heavy atom. The average Bonchev–Trinajstić information content (AvgIpc) is 3.37. The number of hydrogen-bond donors (Lipinski definition) is 1. The van der Waals surface area contributed by atoms with Crippen LogP contribution in [0.25, 0.3) is 5.69 Å². The lowest BCUT2D eigenvalue weighted by molar-refractivity contribution is 0.0728. The van der Waals surface area contributed by atoms with Gasteiger partial charge in [0.05, 0.1) is 37.4 Å². The van der Waals surface area contributed by atoms with Crippen LogP contribution in [0.3, 0.4) is 0 Å². The molecule has 2 atom stereocenters. The minimum atomic E-state index is -0.775. The maximum atomic E-state index is 12.7. The highest BCUT2D eigenvalue weighted by Crippen LogP contribution is 2.19. The summed E-state index contributed by atoms with van der Waals surface area (Å²) in [7, 11) is 1.78. The van der Waals surface area contributed by atoms with E-state index in [-0.39, 0.29) is 24.7 Å². The van der Waals surface area contributed by atoms with Gasteiger partial charge in [-0.15, -0.1) is 5.10 Å². The van der Waals surface area contributed by atoms with Crippen molar-refractivity contribution in [2.45, 2.75) is 12.2 Å². The summed E-state index contributed by atoms with van der Waals surface area (Å²) in [5, 5.41) is 22.2. The van der Waals surface area contributed by atoms with Crippen molar-refractivity contribution in [3.63, 3.8) is 0 Å². The standard InChI is InChI=1S/C17H18N6O3/c1-21-8-13(7-18-21)26-16-11-22(10-15(16)24)17(25)14-9-23(20-19-14)12-5-3-2-4-6-12/h2-9,15-16,24H,10-11H2,1H3/t15-,16-/m1/s1. The number of benzene rings is 1. The number of ether oxygens (including phenoxy) is 1. The Balaban J connectivity index is 1.45. The van der Waals surface area contributed by atoms with E-state index in [1.54, 1.807) is 35.0 Å². The summed E-state index contributed by atoms with van der Waals surface area (Å²) in [6.45, 7) is 0.453. The fourth-order valence-corrected chi connectivity index (χ4v) is 2.90. The lowest BCUT2D eigenvalue weighted by Gasteiger charge is -2.15. The number of aryl methyl sites for hydroxylation is 1. The number of amides is 1. The van der Waals surface area contributed by atoms with Gasteiger partial charge >= 0.3 is 0 Å². The molecule has 9 heteroatoms. The van der Waals surface area contributed by atoms with E-state index in [1.165, 1.54) is 4.90 Å². The van der Waals surface area contributed by atoms with Gasteiger partial charge in [-0.25, -0.2) is 4.68 Å². The van der Waals surface area contributed by atoms with Gasteiger partial charge in [0.2, 0.25) is 0 Å². The van der Waals surface area contributed by atoms with E-state index in [4.69, 9.17) is 4.74 Å². The Morgan fingerprint density at radius 2 is 2.04 bits per heavy atom. The van der Waals surface area contributed by atoms with Crippen LogP contribution in [0, 0.1) is 0 Å². The second-order valence-corrected chi connectivity index (χ2v) is 6.17. The van der Waals surface area contributed by atoms with Gasteiger partial charge < -0.3 is 14.7 Å². The van der Waals surface area contributed by atoms with E-state index in [2.05, 4.69) is 15.4 Å². The Labute approximate surface area is 149 Å². The van der Waals surface area contributed by atoms with Crippen LogP contribution in [0.1, 0.15) is 10.5 Å². The molecular formula is C17H18N6O3. The molecule has 9 nitrogen and oxygen atoms in total. The van der Waals surface area contributed by atoms with E-state index in [0.29, 0.717) is 5.75 Å². The second kappa shape index (κ2) is 6.60. The summed E-state index contributed by atoms with van der Waals surface area (Å²) in [5.41, 5.74) is 1.04. The first kappa shape index (κ1) is 16.3. The monoisotopic (exact) mass is 354 g/mol. The first-order valence-electron chi connectivity index (χ1n) is 8.20. The van der Waals surface area contributed by atoms with E-state index >= 15 is 0 Å². The zero-order chi connectivity index (χ0) is 18.1. The molecule has 134 valence electrons. The van der Waals surface area contributed by atoms with Crippen molar-refractivity contribution in [1.82, 2.24) is 29.7 Å². The molecule has 4 rings (SSSR count). The van der Waals surface area contributed by atoms with E-state index in [1.807, 2.05) is 30.3 Å². The molecule has 1 aliphatic rings. The zero-order valence-electron chi connectivity index (χ0n) is 14.1. The highest BCUT2D eigenvalue weighted by Gasteiger charge is 2.37. The molecule has 1 fully saturated rings. The van der Waals surface area contributed by atoms with Crippen molar-refractivity contribution in [3.8, 4) is 11.4 Å². The molecule has 0 unspecified atom stereocenters. The molecule has 0 bridgehead atoms. The maximum absolute atomic E-state index is 12.7. The van der Waals surface area contributed by atoms with Crippen LogP contribution in [0.2, 0.25) is 0 Å². The molecule has 3 aromatic rings. The fraction of sp³-hybridized carbons (Fsp3) is 0.294. The van der Waals surface area contributed by atoms with Gasteiger partial charge in [0.15, 0.2) is 11.4 Å². The smallest absolute Gasteiger partial charge is 0.276 e. The molecule has 2 aromatic heterocycles. The van der Waals surface area contributed by atoms with E-state index < -0.39 is 12.2 Å². The highest BCUT2D eigenvalue weighted by molar-refractivity contribution is 5.92. The van der Waals surface area contributed by atoms with Crippen molar-refractivity contribution >= 4 is 5.91 Å². The van der Waals surface area contributed by atoms with Gasteiger partial charge in [0.25, 0.3) is 5.91 Å². The lowest BCUT2D eigenvalue weighted by Crippen LogP contribution is -2.31. The third-order valence-corrected chi connectivity index (χ3v) is 4.23. The minimum Gasteiger partial charge on any atom is -0.482 e. The van der Waals surface area contributed by atoms with Crippen LogP contribution >= 0.6 is 0 Å². The molecule has 1 saturated heterocycles. The highest BCUT2D eigenvalue weighted by atomic mass is 16.5. The molecule has 1 N–H and O–H groups in total. The summed E-state index contributed by atoms with van der Waals surface area (Å²) < 4.78 is 8.89. The van der Waals surface area contributed by atoms with Crippen LogP contribution in [-0.4, -0.2) is 66.0 Å². The number of aliphatic hydroxyl groups excluding tert-OH is 1. The number of nitrogens with zero attached hydrogens (tertiary/aromatic N) is 6. The molecule has 1 aliphatic heterocycles. The number of aromatic nitrogens is 5. The molecule has 0 aliphatic carbocycles. The Bertz CT molecular complexity index is 906. The number of aliphatic hydroxyl groups is 1. The van der Waals surface area contributed by atoms with Gasteiger partial charge in [-0.2, -0.15) is 5.10 Å². The predicted molar refractivity (Wildman–Crippen MR) is 90.9 cm³/mol. The molecule has 0 spiro atoms.